The normalized spacial score (nSPS) is 13.6. The van der Waals surface area contributed by atoms with Crippen LogP contribution in [0.5, 0.6) is 0 Å². The van der Waals surface area contributed by atoms with Crippen molar-refractivity contribution in [2.75, 3.05) is 24.2 Å². The lowest BCUT2D eigenvalue weighted by molar-refractivity contribution is -0.141. The van der Waals surface area contributed by atoms with Crippen LogP contribution in [0.15, 0.2) is 47.7 Å². The van der Waals surface area contributed by atoms with Crippen LogP contribution in [0.1, 0.15) is 21.6 Å². The number of nitrogens with zero attached hydrogens (tertiary/aromatic N) is 6. The molecule has 3 aliphatic rings. The summed E-state index contributed by atoms with van der Waals surface area (Å²) in [6.07, 6.45) is -1.99. The van der Waals surface area contributed by atoms with Gasteiger partial charge in [-0.15, -0.1) is 5.10 Å². The second-order valence-electron chi connectivity index (χ2n) is 7.97. The number of hydrogen-bond donors (Lipinski definition) is 2. The van der Waals surface area contributed by atoms with Crippen LogP contribution in [-0.2, 0) is 12.7 Å². The number of halogens is 3. The zero-order chi connectivity index (χ0) is 24.7. The first-order valence-electron chi connectivity index (χ1n) is 10.6. The number of carbonyl (C=O) groups excluding carboxylic acids is 1. The third-order valence-electron chi connectivity index (χ3n) is 5.68. The summed E-state index contributed by atoms with van der Waals surface area (Å²) in [6, 6.07) is 7.95. The summed E-state index contributed by atoms with van der Waals surface area (Å²) in [7, 11) is 1.63. The molecule has 0 aliphatic carbocycles. The predicted octanol–water partition coefficient (Wildman–Crippen LogP) is 3.38. The first kappa shape index (κ1) is 22.4. The van der Waals surface area contributed by atoms with E-state index >= 15 is 0 Å². The van der Waals surface area contributed by atoms with Crippen molar-refractivity contribution in [3.63, 3.8) is 0 Å². The molecular weight excluding hydrogens is 461 g/mol. The van der Waals surface area contributed by atoms with Crippen molar-refractivity contribution in [2.45, 2.75) is 19.6 Å². The van der Waals surface area contributed by atoms with Gasteiger partial charge in [0, 0.05) is 43.1 Å². The molecule has 1 amide bonds. The number of rotatable bonds is 3. The van der Waals surface area contributed by atoms with E-state index in [-0.39, 0.29) is 5.56 Å². The highest BCUT2D eigenvalue weighted by molar-refractivity contribution is 6.04. The lowest BCUT2D eigenvalue weighted by Gasteiger charge is -2.19. The van der Waals surface area contributed by atoms with Crippen LogP contribution in [0.2, 0.25) is 0 Å². The van der Waals surface area contributed by atoms with Crippen LogP contribution < -0.4 is 16.3 Å². The quantitative estimate of drug-likeness (QED) is 0.465. The van der Waals surface area contributed by atoms with Gasteiger partial charge in [0.15, 0.2) is 5.69 Å². The first-order chi connectivity index (χ1) is 16.7. The number of hydrogen-bond acceptors (Lipinski definition) is 7. The minimum absolute atomic E-state index is 0.243. The van der Waals surface area contributed by atoms with Crippen molar-refractivity contribution in [1.82, 2.24) is 24.7 Å². The fourth-order valence-corrected chi connectivity index (χ4v) is 4.00. The van der Waals surface area contributed by atoms with Crippen molar-refractivity contribution >= 4 is 17.4 Å². The number of aromatic nitrogens is 5. The minimum atomic E-state index is -4.70. The van der Waals surface area contributed by atoms with E-state index in [9.17, 15) is 18.0 Å². The summed E-state index contributed by atoms with van der Waals surface area (Å²) in [5.41, 5.74) is 2.86. The molecule has 5 rings (SSSR count). The first-order valence-corrected chi connectivity index (χ1v) is 10.6. The van der Waals surface area contributed by atoms with Gasteiger partial charge in [-0.25, -0.2) is 4.98 Å². The molecule has 0 spiro atoms. The number of nitrogens with one attached hydrogen (secondary N) is 2. The Morgan fingerprint density at radius 1 is 1.17 bits per heavy atom. The van der Waals surface area contributed by atoms with Gasteiger partial charge < -0.3 is 15.2 Å². The van der Waals surface area contributed by atoms with Gasteiger partial charge in [-0.3, -0.25) is 9.79 Å². The largest absolute Gasteiger partial charge is 0.435 e. The Morgan fingerprint density at radius 3 is 2.77 bits per heavy atom. The molecule has 0 bridgehead atoms. The topological polar surface area (TPSA) is 110 Å². The van der Waals surface area contributed by atoms with Gasteiger partial charge in [-0.1, -0.05) is 6.07 Å². The van der Waals surface area contributed by atoms with Crippen LogP contribution in [0.4, 0.5) is 24.7 Å². The van der Waals surface area contributed by atoms with Gasteiger partial charge in [0.1, 0.15) is 11.6 Å². The molecule has 9 nitrogen and oxygen atoms in total. The Bertz CT molecular complexity index is 1500. The molecular formula is C23H19F3N8O. The Balaban J connectivity index is 1.54. The van der Waals surface area contributed by atoms with Crippen LogP contribution >= 0.6 is 0 Å². The van der Waals surface area contributed by atoms with Crippen LogP contribution in [0.3, 0.4) is 0 Å². The van der Waals surface area contributed by atoms with Gasteiger partial charge in [-0.2, -0.15) is 23.3 Å². The van der Waals surface area contributed by atoms with Crippen molar-refractivity contribution in [2.24, 2.45) is 4.99 Å². The predicted molar refractivity (Wildman–Crippen MR) is 122 cm³/mol. The van der Waals surface area contributed by atoms with Crippen LogP contribution in [-0.4, -0.2) is 44.2 Å². The SMILES string of the molecule is CN=c1ncc2cc(-c3cc(NC(=O)c4cnnc(C(F)(F)F)c4)ccc3C)c3n(c-2n1)CCN3. The van der Waals surface area contributed by atoms with Gasteiger partial charge in [0.05, 0.1) is 11.8 Å². The summed E-state index contributed by atoms with van der Waals surface area (Å²) >= 11 is 0. The molecule has 2 aromatic rings. The maximum Gasteiger partial charge on any atom is 0.435 e. The molecule has 0 fully saturated rings. The maximum absolute atomic E-state index is 12.9. The highest BCUT2D eigenvalue weighted by atomic mass is 19.4. The van der Waals surface area contributed by atoms with E-state index in [4.69, 9.17) is 0 Å². The summed E-state index contributed by atoms with van der Waals surface area (Å²) in [5, 5.41) is 12.4. The van der Waals surface area contributed by atoms with E-state index in [0.717, 1.165) is 46.6 Å². The Morgan fingerprint density at radius 2 is 2.00 bits per heavy atom. The standard InChI is InChI=1S/C23H19F3N8O/c1-12-3-4-15(31-21(35)14-8-18(23(24,25)26)33-30-11-14)9-16(12)17-7-13-10-29-22(27-2)32-19(13)34-6-5-28-20(17)34/h3-4,7-11,28H,5-6H2,1-2H3,(H,31,35). The molecule has 2 N–H and O–H groups in total. The monoisotopic (exact) mass is 480 g/mol. The third-order valence-corrected chi connectivity index (χ3v) is 5.68. The molecule has 0 unspecified atom stereocenters. The minimum Gasteiger partial charge on any atom is -0.369 e. The van der Waals surface area contributed by atoms with Gasteiger partial charge in [0.2, 0.25) is 5.62 Å². The maximum atomic E-state index is 12.9. The van der Waals surface area contributed by atoms with Crippen molar-refractivity contribution in [1.29, 1.82) is 0 Å². The molecule has 178 valence electrons. The lowest BCUT2D eigenvalue weighted by Crippen LogP contribution is -2.17. The lowest BCUT2D eigenvalue weighted by atomic mass is 9.98. The number of fused-ring (bicyclic) bond motifs is 3. The van der Waals surface area contributed by atoms with E-state index in [1.54, 1.807) is 25.4 Å². The smallest absolute Gasteiger partial charge is 0.369 e. The second-order valence-corrected chi connectivity index (χ2v) is 7.97. The van der Waals surface area contributed by atoms with E-state index in [2.05, 4.69) is 40.4 Å². The molecule has 35 heavy (non-hydrogen) atoms. The summed E-state index contributed by atoms with van der Waals surface area (Å²) in [4.78, 5) is 25.5. The number of aryl methyl sites for hydroxylation is 1. The molecule has 4 heterocycles. The Labute approximate surface area is 197 Å². The molecule has 1 aromatic carbocycles. The van der Waals surface area contributed by atoms with E-state index < -0.39 is 17.8 Å². The van der Waals surface area contributed by atoms with Crippen LogP contribution in [0.25, 0.3) is 22.5 Å². The van der Waals surface area contributed by atoms with Crippen molar-refractivity contribution < 1.29 is 18.0 Å². The van der Waals surface area contributed by atoms with E-state index in [1.807, 2.05) is 19.1 Å². The fourth-order valence-electron chi connectivity index (χ4n) is 4.00. The number of carbonyl (C=O) groups is 1. The second kappa shape index (κ2) is 8.46. The highest BCUT2D eigenvalue weighted by Gasteiger charge is 2.33. The molecule has 0 atom stereocenters. The molecule has 3 aliphatic heterocycles. The van der Waals surface area contributed by atoms with E-state index in [0.29, 0.717) is 23.9 Å². The van der Waals surface area contributed by atoms with E-state index in [1.165, 1.54) is 0 Å². The van der Waals surface area contributed by atoms with Gasteiger partial charge in [0.25, 0.3) is 5.91 Å². The summed E-state index contributed by atoms with van der Waals surface area (Å²) < 4.78 is 40.9. The molecule has 0 saturated carbocycles. The third kappa shape index (κ3) is 4.18. The number of alkyl halides is 3. The number of benzene rings is 1. The number of amides is 1. The van der Waals surface area contributed by atoms with Gasteiger partial charge >= 0.3 is 6.18 Å². The fraction of sp³-hybridized carbons (Fsp3) is 0.217. The average Bonchev–Trinajstić information content (AvgIpc) is 3.34. The summed E-state index contributed by atoms with van der Waals surface area (Å²) in [6.45, 7) is 3.38. The number of pyridine rings is 1. The zero-order valence-corrected chi connectivity index (χ0v) is 18.7. The number of anilines is 2. The average molecular weight is 480 g/mol. The zero-order valence-electron chi connectivity index (χ0n) is 18.7. The van der Waals surface area contributed by atoms with Crippen LogP contribution in [0, 0.1) is 6.92 Å². The summed E-state index contributed by atoms with van der Waals surface area (Å²) in [5.74, 6) is 0.913. The van der Waals surface area contributed by atoms with Crippen molar-refractivity contribution in [3.8, 4) is 22.5 Å². The highest BCUT2D eigenvalue weighted by Crippen LogP contribution is 2.39. The molecule has 1 aromatic heterocycles. The Kier molecular flexibility index (Phi) is 5.42. The van der Waals surface area contributed by atoms with Gasteiger partial charge in [-0.05, 0) is 42.3 Å². The Hall–Kier alpha value is -4.35. The van der Waals surface area contributed by atoms with Crippen molar-refractivity contribution in [3.05, 3.63) is 65.2 Å². The molecule has 12 heteroatoms. The molecule has 0 saturated heterocycles. The molecule has 0 radical (unpaired) electrons.